The van der Waals surface area contributed by atoms with Crippen molar-refractivity contribution in [2.45, 2.75) is 17.7 Å². The molecule has 0 fully saturated rings. The van der Waals surface area contributed by atoms with E-state index in [-0.39, 0.29) is 4.90 Å². The molecule has 92 valence electrons. The molecule has 0 unspecified atom stereocenters. The first-order valence-electron chi connectivity index (χ1n) is 5.71. The third-order valence-corrected chi connectivity index (χ3v) is 4.31. The van der Waals surface area contributed by atoms with Gasteiger partial charge in [0.05, 0.1) is 4.90 Å². The van der Waals surface area contributed by atoms with E-state index in [0.717, 1.165) is 23.1 Å². The van der Waals surface area contributed by atoms with Gasteiger partial charge in [-0.2, -0.15) is 8.42 Å². The van der Waals surface area contributed by atoms with E-state index in [1.54, 1.807) is 6.07 Å². The average Bonchev–Trinajstić information content (AvgIpc) is 2.34. The Kier molecular flexibility index (Phi) is 2.50. The number of fused-ring (bicyclic) bond motifs is 2. The van der Waals surface area contributed by atoms with Crippen molar-refractivity contribution >= 4 is 10.1 Å². The minimum atomic E-state index is -4.15. The summed E-state index contributed by atoms with van der Waals surface area (Å²) in [7, 11) is -4.15. The van der Waals surface area contributed by atoms with Crippen molar-refractivity contribution in [2.75, 3.05) is 0 Å². The molecule has 1 aliphatic rings. The molecule has 0 radical (unpaired) electrons. The molecular formula is C14H12O3S. The Hall–Kier alpha value is -1.65. The summed E-state index contributed by atoms with van der Waals surface area (Å²) in [5.41, 5.74) is 4.04. The molecule has 0 saturated carbocycles. The molecule has 0 atom stereocenters. The molecule has 4 heteroatoms. The molecule has 3 rings (SSSR count). The van der Waals surface area contributed by atoms with Gasteiger partial charge in [0.1, 0.15) is 0 Å². The standard InChI is InChI=1S/C14H12O3S/c15-18(16,17)14-7-3-6-12-8-10-4-1-2-5-11(10)9-13(12)14/h1-7H,8-9H2,(H,15,16,17). The first-order valence-corrected chi connectivity index (χ1v) is 7.15. The zero-order chi connectivity index (χ0) is 12.8. The molecule has 0 aromatic heterocycles. The van der Waals surface area contributed by atoms with Crippen LogP contribution >= 0.6 is 0 Å². The van der Waals surface area contributed by atoms with Crippen molar-refractivity contribution in [1.29, 1.82) is 0 Å². The highest BCUT2D eigenvalue weighted by molar-refractivity contribution is 7.85. The molecule has 2 aromatic carbocycles. The molecule has 0 amide bonds. The third kappa shape index (κ3) is 1.83. The fourth-order valence-electron chi connectivity index (χ4n) is 2.52. The number of benzene rings is 2. The van der Waals surface area contributed by atoms with Crippen molar-refractivity contribution in [3.63, 3.8) is 0 Å². The Balaban J connectivity index is 2.20. The maximum absolute atomic E-state index is 11.4. The molecule has 0 spiro atoms. The minimum Gasteiger partial charge on any atom is -0.282 e. The Labute approximate surface area is 106 Å². The van der Waals surface area contributed by atoms with Gasteiger partial charge >= 0.3 is 0 Å². The molecule has 2 aromatic rings. The van der Waals surface area contributed by atoms with E-state index in [0.29, 0.717) is 6.42 Å². The van der Waals surface area contributed by atoms with Crippen molar-refractivity contribution in [3.8, 4) is 0 Å². The summed E-state index contributed by atoms with van der Waals surface area (Å²) in [6.45, 7) is 0. The van der Waals surface area contributed by atoms with Crippen LogP contribution in [-0.2, 0) is 23.0 Å². The second kappa shape index (κ2) is 3.93. The van der Waals surface area contributed by atoms with Crippen LogP contribution in [0.3, 0.4) is 0 Å². The van der Waals surface area contributed by atoms with Crippen molar-refractivity contribution in [3.05, 3.63) is 64.7 Å². The molecule has 0 bridgehead atoms. The van der Waals surface area contributed by atoms with Crippen molar-refractivity contribution in [2.24, 2.45) is 0 Å². The van der Waals surface area contributed by atoms with Gasteiger partial charge in [0.25, 0.3) is 10.1 Å². The number of rotatable bonds is 1. The van der Waals surface area contributed by atoms with Crippen LogP contribution in [0, 0.1) is 0 Å². The molecule has 0 heterocycles. The number of hydrogen-bond acceptors (Lipinski definition) is 2. The largest absolute Gasteiger partial charge is 0.294 e. The lowest BCUT2D eigenvalue weighted by Gasteiger charge is -2.21. The van der Waals surface area contributed by atoms with Gasteiger partial charge in [0.2, 0.25) is 0 Å². The Bertz CT molecular complexity index is 718. The van der Waals surface area contributed by atoms with Crippen LogP contribution in [0.2, 0.25) is 0 Å². The van der Waals surface area contributed by atoms with Gasteiger partial charge in [-0.25, -0.2) is 0 Å². The lowest BCUT2D eigenvalue weighted by atomic mass is 9.86. The van der Waals surface area contributed by atoms with Crippen LogP contribution in [0.1, 0.15) is 22.3 Å². The SMILES string of the molecule is O=S(=O)(O)c1cccc2c1Cc1ccccc1C2. The predicted molar refractivity (Wildman–Crippen MR) is 68.3 cm³/mol. The average molecular weight is 260 g/mol. The fraction of sp³-hybridized carbons (Fsp3) is 0.143. The summed E-state index contributed by atoms with van der Waals surface area (Å²) in [4.78, 5) is 0.0366. The molecule has 0 aliphatic heterocycles. The van der Waals surface area contributed by atoms with E-state index >= 15 is 0 Å². The quantitative estimate of drug-likeness (QED) is 0.684. The fourth-order valence-corrected chi connectivity index (χ4v) is 3.28. The summed E-state index contributed by atoms with van der Waals surface area (Å²) < 4.78 is 32.0. The third-order valence-electron chi connectivity index (χ3n) is 3.37. The summed E-state index contributed by atoms with van der Waals surface area (Å²) >= 11 is 0. The minimum absolute atomic E-state index is 0.0366. The topological polar surface area (TPSA) is 54.4 Å². The van der Waals surface area contributed by atoms with E-state index < -0.39 is 10.1 Å². The van der Waals surface area contributed by atoms with Gasteiger partial charge in [-0.05, 0) is 41.2 Å². The molecular weight excluding hydrogens is 248 g/mol. The van der Waals surface area contributed by atoms with E-state index in [4.69, 9.17) is 0 Å². The highest BCUT2D eigenvalue weighted by Crippen LogP contribution is 2.30. The second-order valence-corrected chi connectivity index (χ2v) is 5.88. The van der Waals surface area contributed by atoms with Crippen LogP contribution in [0.4, 0.5) is 0 Å². The highest BCUT2D eigenvalue weighted by Gasteiger charge is 2.22. The van der Waals surface area contributed by atoms with E-state index in [2.05, 4.69) is 6.07 Å². The van der Waals surface area contributed by atoms with Crippen molar-refractivity contribution in [1.82, 2.24) is 0 Å². The second-order valence-electron chi connectivity index (χ2n) is 4.49. The normalized spacial score (nSPS) is 13.8. The smallest absolute Gasteiger partial charge is 0.282 e. The Morgan fingerprint density at radius 3 is 2.11 bits per heavy atom. The van der Waals surface area contributed by atoms with Gasteiger partial charge < -0.3 is 0 Å². The monoisotopic (exact) mass is 260 g/mol. The van der Waals surface area contributed by atoms with Crippen LogP contribution in [0.15, 0.2) is 47.4 Å². The maximum Gasteiger partial charge on any atom is 0.294 e. The predicted octanol–water partition coefficient (Wildman–Crippen LogP) is 2.43. The zero-order valence-corrected chi connectivity index (χ0v) is 10.4. The van der Waals surface area contributed by atoms with Crippen LogP contribution in [0.5, 0.6) is 0 Å². The van der Waals surface area contributed by atoms with Crippen LogP contribution < -0.4 is 0 Å². The molecule has 0 saturated heterocycles. The Morgan fingerprint density at radius 1 is 0.833 bits per heavy atom. The summed E-state index contributed by atoms with van der Waals surface area (Å²) in [5, 5.41) is 0. The van der Waals surface area contributed by atoms with Gasteiger partial charge in [-0.1, -0.05) is 36.4 Å². The van der Waals surface area contributed by atoms with Gasteiger partial charge in [-0.3, -0.25) is 4.55 Å². The highest BCUT2D eigenvalue weighted by atomic mass is 32.2. The lowest BCUT2D eigenvalue weighted by Crippen LogP contribution is -2.12. The molecule has 18 heavy (non-hydrogen) atoms. The van der Waals surface area contributed by atoms with Crippen molar-refractivity contribution < 1.29 is 13.0 Å². The molecule has 1 N–H and O–H groups in total. The summed E-state index contributed by atoms with van der Waals surface area (Å²) in [6, 6.07) is 13.0. The molecule has 3 nitrogen and oxygen atoms in total. The summed E-state index contributed by atoms with van der Waals surface area (Å²) in [5.74, 6) is 0. The summed E-state index contributed by atoms with van der Waals surface area (Å²) in [6.07, 6.45) is 1.27. The zero-order valence-electron chi connectivity index (χ0n) is 9.63. The first kappa shape index (κ1) is 11.4. The van der Waals surface area contributed by atoms with Crippen LogP contribution in [-0.4, -0.2) is 13.0 Å². The van der Waals surface area contributed by atoms with Gasteiger partial charge in [0.15, 0.2) is 0 Å². The molecule has 1 aliphatic carbocycles. The van der Waals surface area contributed by atoms with Gasteiger partial charge in [-0.15, -0.1) is 0 Å². The Morgan fingerprint density at radius 2 is 1.44 bits per heavy atom. The van der Waals surface area contributed by atoms with E-state index in [1.165, 1.54) is 11.6 Å². The van der Waals surface area contributed by atoms with Crippen LogP contribution in [0.25, 0.3) is 0 Å². The van der Waals surface area contributed by atoms with E-state index in [1.807, 2.05) is 24.3 Å². The first-order chi connectivity index (χ1) is 8.55. The maximum atomic E-state index is 11.4. The lowest BCUT2D eigenvalue weighted by molar-refractivity contribution is 0.482. The van der Waals surface area contributed by atoms with E-state index in [9.17, 15) is 13.0 Å². The number of hydrogen-bond donors (Lipinski definition) is 1. The van der Waals surface area contributed by atoms with Gasteiger partial charge in [0, 0.05) is 0 Å².